The van der Waals surface area contributed by atoms with E-state index in [4.69, 9.17) is 0 Å². The Morgan fingerprint density at radius 1 is 0.111 bits per heavy atom. The molecule has 0 aliphatic heterocycles. The van der Waals surface area contributed by atoms with Crippen molar-refractivity contribution in [3.63, 3.8) is 0 Å². The Kier molecular flexibility index (Phi) is 911. The Bertz CT molecular complexity index is 5.57. The first kappa shape index (κ1) is 134. The molecule has 0 aromatic carbocycles. The minimum Gasteiger partial charge on any atom is -0.358 e. The normalized spacial score (nSPS) is 0. The molecule has 0 bridgehead atoms. The average Bonchev–Trinajstić information content (AvgIpc) is 0. The van der Waals surface area contributed by atoms with E-state index in [2.05, 4.69) is 0 Å². The summed E-state index contributed by atoms with van der Waals surface area (Å²) in [7, 11) is 0. The second-order valence-electron chi connectivity index (χ2n) is 0. The zero-order valence-corrected chi connectivity index (χ0v) is 59.1. The van der Waals surface area contributed by atoms with Crippen LogP contribution < -0.4 is 0 Å². The summed E-state index contributed by atoms with van der Waals surface area (Å²) >= 11 is 0. The van der Waals surface area contributed by atoms with Crippen molar-refractivity contribution in [3.05, 3.63) is 7.43 Å². The minimum atomic E-state index is 0. The second kappa shape index (κ2) is 123. The van der Waals surface area contributed by atoms with Crippen LogP contribution in [0, 0.1) is 7.43 Å². The Labute approximate surface area is 542 Å². The van der Waals surface area contributed by atoms with Gasteiger partial charge in [0.1, 0.15) is 0 Å². The van der Waals surface area contributed by atoms with E-state index >= 15 is 0 Å². The Hall–Kier alpha value is 18.8. The summed E-state index contributed by atoms with van der Waals surface area (Å²) < 4.78 is 0. The topological polar surface area (TPSA) is 0 Å². The van der Waals surface area contributed by atoms with Gasteiger partial charge in [-0.05, 0) is 0 Å². The summed E-state index contributed by atoms with van der Waals surface area (Å²) in [5.41, 5.74) is 0. The van der Waals surface area contributed by atoms with E-state index in [0.717, 1.165) is 0 Å². The van der Waals surface area contributed by atoms with Crippen LogP contribution >= 0.6 is 0 Å². The molecular formula is CH3Y17-. The molecule has 0 aromatic heterocycles. The first-order chi connectivity index (χ1) is 0. The third kappa shape index (κ3) is 113. The largest absolute Gasteiger partial charge is 0.358 e. The SMILES string of the molecule is [CH3-].[Y].[Y].[Y].[Y].[Y].[Y].[Y].[Y].[Y].[Y].[Y].[Y].[Y].[Y].[Y].[Y].[Y]. The van der Waals surface area contributed by atoms with Crippen LogP contribution in [-0.4, -0.2) is 0 Å². The van der Waals surface area contributed by atoms with Crippen molar-refractivity contribution >= 4 is 0 Å². The zero-order valence-electron chi connectivity index (χ0n) is 10.8. The monoisotopic (exact) mass is 1530 g/mol. The smallest absolute Gasteiger partial charge is 0 e. The zero-order chi connectivity index (χ0) is 0. The van der Waals surface area contributed by atoms with E-state index in [9.17, 15) is 0 Å². The Balaban J connectivity index is 0. The van der Waals surface area contributed by atoms with Crippen molar-refractivity contribution in [1.29, 1.82) is 0 Å². The van der Waals surface area contributed by atoms with E-state index in [1.165, 1.54) is 0 Å². The van der Waals surface area contributed by atoms with Gasteiger partial charge in [0.25, 0.3) is 0 Å². The van der Waals surface area contributed by atoms with Crippen molar-refractivity contribution in [2.45, 2.75) is 0 Å². The number of hydrogen-bond donors (Lipinski definition) is 0. The quantitative estimate of drug-likeness (QED) is 0.309. The maximum atomic E-state index is 0. The van der Waals surface area contributed by atoms with Gasteiger partial charge in [-0.15, -0.1) is 0 Å². The van der Waals surface area contributed by atoms with Gasteiger partial charge in [-0.2, -0.15) is 0 Å². The molecule has 18 heavy (non-hydrogen) atoms. The summed E-state index contributed by atoms with van der Waals surface area (Å²) in [6, 6.07) is 0. The van der Waals surface area contributed by atoms with E-state index < -0.39 is 0 Å². The van der Waals surface area contributed by atoms with Crippen molar-refractivity contribution in [2.24, 2.45) is 0 Å². The Morgan fingerprint density at radius 3 is 0.111 bits per heavy atom. The molecule has 0 unspecified atom stereocenters. The minimum absolute atomic E-state index is 0. The van der Waals surface area contributed by atoms with Gasteiger partial charge in [0.15, 0.2) is 0 Å². The standard InChI is InChI=1S/CH3.17Y/h1H3;;;;;;;;;;;;;;;;;/q-1;;;;;;;;;;;;;;;;;. The third-order valence-corrected chi connectivity index (χ3v) is 0. The fourth-order valence-electron chi connectivity index (χ4n) is 0. The van der Waals surface area contributed by atoms with E-state index in [0.29, 0.717) is 0 Å². The summed E-state index contributed by atoms with van der Waals surface area (Å²) in [5, 5.41) is 0. The van der Waals surface area contributed by atoms with Crippen LogP contribution in [0.5, 0.6) is 0 Å². The average molecular weight is 1530 g/mol. The van der Waals surface area contributed by atoms with Gasteiger partial charge in [0, 0.05) is 556 Å². The molecule has 0 N–H and O–H groups in total. The second-order valence-corrected chi connectivity index (χ2v) is 0. The molecule has 0 atom stereocenters. The van der Waals surface area contributed by atoms with Gasteiger partial charge in [-0.25, -0.2) is 0 Å². The maximum absolute atomic E-state index is 0. The molecule has 17 radical (unpaired) electrons. The van der Waals surface area contributed by atoms with Crippen molar-refractivity contribution in [1.82, 2.24) is 0 Å². The predicted molar refractivity (Wildman–Crippen MR) is 6.41 cm³/mol. The van der Waals surface area contributed by atoms with Gasteiger partial charge in [-0.1, -0.05) is 0 Å². The molecule has 0 aromatic rings. The van der Waals surface area contributed by atoms with Crippen LogP contribution in [0.25, 0.3) is 0 Å². The van der Waals surface area contributed by atoms with Crippen molar-refractivity contribution in [3.8, 4) is 0 Å². The molecule has 0 fully saturated rings. The van der Waals surface area contributed by atoms with Crippen LogP contribution in [-0.2, 0) is 556 Å². The Morgan fingerprint density at radius 2 is 0.111 bits per heavy atom. The predicted octanol–water partition coefficient (Wildman–Crippen LogP) is 0.408. The van der Waals surface area contributed by atoms with E-state index in [1.54, 1.807) is 0 Å². The summed E-state index contributed by atoms with van der Waals surface area (Å²) in [6.07, 6.45) is 0. The first-order valence-electron chi connectivity index (χ1n) is 0. The molecule has 17 heteroatoms. The number of rotatable bonds is 0. The van der Waals surface area contributed by atoms with Gasteiger partial charge in [0.2, 0.25) is 0 Å². The number of hydrogen-bond acceptors (Lipinski definition) is 0. The molecule has 0 amide bonds. The molecule has 0 saturated heterocycles. The molecule has 0 heterocycles. The van der Waals surface area contributed by atoms with E-state index in [-0.39, 0.29) is 563 Å². The van der Waals surface area contributed by atoms with Crippen LogP contribution in [0.1, 0.15) is 0 Å². The summed E-state index contributed by atoms with van der Waals surface area (Å²) in [5.74, 6) is 0. The van der Waals surface area contributed by atoms with Crippen LogP contribution in [0.2, 0.25) is 0 Å². The van der Waals surface area contributed by atoms with Crippen molar-refractivity contribution in [2.75, 3.05) is 0 Å². The molecule has 0 nitrogen and oxygen atoms in total. The molecular weight excluding hydrogens is 1520 g/mol. The maximum Gasteiger partial charge on any atom is 0 e. The van der Waals surface area contributed by atoms with Gasteiger partial charge >= 0.3 is 0 Å². The third-order valence-electron chi connectivity index (χ3n) is 0. The molecule has 0 saturated carbocycles. The molecule has 0 rings (SSSR count). The molecule has 0 aliphatic rings. The summed E-state index contributed by atoms with van der Waals surface area (Å²) in [4.78, 5) is 0. The molecule has 0 spiro atoms. The van der Waals surface area contributed by atoms with Crippen LogP contribution in [0.15, 0.2) is 0 Å². The van der Waals surface area contributed by atoms with Gasteiger partial charge in [0.05, 0.1) is 0 Å². The molecule has 0 aliphatic carbocycles. The van der Waals surface area contributed by atoms with Crippen molar-refractivity contribution < 1.29 is 556 Å². The fourth-order valence-corrected chi connectivity index (χ4v) is 0. The van der Waals surface area contributed by atoms with Crippen LogP contribution in [0.4, 0.5) is 0 Å². The van der Waals surface area contributed by atoms with Crippen LogP contribution in [0.3, 0.4) is 0 Å². The van der Waals surface area contributed by atoms with Gasteiger partial charge in [-0.3, -0.25) is 0 Å². The first-order valence-corrected chi connectivity index (χ1v) is 0. The summed E-state index contributed by atoms with van der Waals surface area (Å²) in [6.45, 7) is 0. The molecule has 59 valence electrons. The van der Waals surface area contributed by atoms with Gasteiger partial charge < -0.3 is 7.43 Å². The fraction of sp³-hybridized carbons (Fsp3) is 0. The van der Waals surface area contributed by atoms with E-state index in [1.807, 2.05) is 0 Å².